The lowest BCUT2D eigenvalue weighted by atomic mass is 10.1. The maximum absolute atomic E-state index is 8.85. The van der Waals surface area contributed by atoms with Crippen LogP contribution in [0.5, 0.6) is 0 Å². The summed E-state index contributed by atoms with van der Waals surface area (Å²) in [5, 5.41) is 19.8. The van der Waals surface area contributed by atoms with Crippen LogP contribution in [-0.2, 0) is 13.0 Å². The lowest BCUT2D eigenvalue weighted by Crippen LogP contribution is -2.01. The Kier molecular flexibility index (Phi) is 4.03. The first-order valence-electron chi connectivity index (χ1n) is 5.19. The van der Waals surface area contributed by atoms with Crippen LogP contribution >= 0.6 is 22.6 Å². The fourth-order valence-electron chi connectivity index (χ4n) is 1.55. The van der Waals surface area contributed by atoms with Crippen LogP contribution in [0.15, 0.2) is 24.5 Å². The van der Waals surface area contributed by atoms with Gasteiger partial charge in [-0.25, -0.2) is 4.68 Å². The highest BCUT2D eigenvalue weighted by molar-refractivity contribution is 14.1. The van der Waals surface area contributed by atoms with Crippen LogP contribution in [0.4, 0.5) is 0 Å². The van der Waals surface area contributed by atoms with Gasteiger partial charge in [-0.3, -0.25) is 0 Å². The van der Waals surface area contributed by atoms with Gasteiger partial charge in [-0.15, -0.1) is 5.10 Å². The number of hydrogen-bond donors (Lipinski definition) is 0. The summed E-state index contributed by atoms with van der Waals surface area (Å²) in [4.78, 5) is 0. The van der Waals surface area contributed by atoms with Crippen molar-refractivity contribution in [1.82, 2.24) is 20.2 Å². The third-order valence-electron chi connectivity index (χ3n) is 2.40. The van der Waals surface area contributed by atoms with Crippen LogP contribution in [0, 0.1) is 14.9 Å². The molecule has 17 heavy (non-hydrogen) atoms. The predicted octanol–water partition coefficient (Wildman–Crippen LogP) is 1.78. The fourth-order valence-corrected chi connectivity index (χ4v) is 2.16. The minimum atomic E-state index is 0.711. The first-order chi connectivity index (χ1) is 8.29. The van der Waals surface area contributed by atoms with E-state index in [1.807, 2.05) is 18.2 Å². The summed E-state index contributed by atoms with van der Waals surface area (Å²) in [6.45, 7) is 0.792. The summed E-state index contributed by atoms with van der Waals surface area (Å²) < 4.78 is 2.90. The molecule has 0 atom stereocenters. The normalized spacial score (nSPS) is 10.1. The second-order valence-corrected chi connectivity index (χ2v) is 4.76. The van der Waals surface area contributed by atoms with Crippen molar-refractivity contribution in [3.8, 4) is 6.07 Å². The van der Waals surface area contributed by atoms with E-state index in [1.165, 1.54) is 9.13 Å². The van der Waals surface area contributed by atoms with Crippen LogP contribution in [0.25, 0.3) is 0 Å². The van der Waals surface area contributed by atoms with E-state index in [0.717, 1.165) is 19.4 Å². The van der Waals surface area contributed by atoms with E-state index < -0.39 is 0 Å². The Hall–Kier alpha value is -1.49. The van der Waals surface area contributed by atoms with Crippen molar-refractivity contribution in [2.75, 3.05) is 0 Å². The Morgan fingerprint density at radius 1 is 1.41 bits per heavy atom. The van der Waals surface area contributed by atoms with Gasteiger partial charge in [0.15, 0.2) is 0 Å². The van der Waals surface area contributed by atoms with Crippen molar-refractivity contribution < 1.29 is 0 Å². The molecule has 0 unspecified atom stereocenters. The van der Waals surface area contributed by atoms with Crippen molar-refractivity contribution in [3.05, 3.63) is 39.2 Å². The molecule has 0 bridgehead atoms. The highest BCUT2D eigenvalue weighted by atomic mass is 127. The number of aryl methyl sites for hydroxylation is 2. The predicted molar refractivity (Wildman–Crippen MR) is 70.0 cm³/mol. The summed E-state index contributed by atoms with van der Waals surface area (Å²) in [6.07, 6.45) is 3.49. The maximum atomic E-state index is 8.85. The number of tetrazole rings is 1. The van der Waals surface area contributed by atoms with Crippen LogP contribution in [-0.4, -0.2) is 20.2 Å². The van der Waals surface area contributed by atoms with E-state index in [1.54, 1.807) is 11.0 Å². The number of nitriles is 1. The molecule has 0 spiro atoms. The van der Waals surface area contributed by atoms with Crippen LogP contribution in [0.3, 0.4) is 0 Å². The van der Waals surface area contributed by atoms with E-state index >= 15 is 0 Å². The molecule has 0 saturated heterocycles. The molecule has 0 radical (unpaired) electrons. The Labute approximate surface area is 113 Å². The molecule has 0 fully saturated rings. The SMILES string of the molecule is N#Cc1ccc(I)c(CCCn2cnnn2)c1. The number of hydrogen-bond acceptors (Lipinski definition) is 4. The van der Waals surface area contributed by atoms with Crippen molar-refractivity contribution in [3.63, 3.8) is 0 Å². The van der Waals surface area contributed by atoms with Gasteiger partial charge in [-0.05, 0) is 69.6 Å². The third kappa shape index (κ3) is 3.23. The molecule has 5 nitrogen and oxygen atoms in total. The maximum Gasteiger partial charge on any atom is 0.138 e. The molecular weight excluding hydrogens is 329 g/mol. The molecule has 1 aromatic carbocycles. The standard InChI is InChI=1S/C11H10IN5/c12-11-4-3-9(7-13)6-10(11)2-1-5-17-8-14-15-16-17/h3-4,6,8H,1-2,5H2. The lowest BCUT2D eigenvalue weighted by molar-refractivity contribution is 0.558. The van der Waals surface area contributed by atoms with Gasteiger partial charge in [-0.2, -0.15) is 5.26 Å². The second kappa shape index (κ2) is 5.72. The Morgan fingerprint density at radius 3 is 3.00 bits per heavy atom. The number of halogens is 1. The van der Waals surface area contributed by atoms with Crippen LogP contribution in [0.2, 0.25) is 0 Å². The summed E-state index contributed by atoms with van der Waals surface area (Å²) in [5.41, 5.74) is 1.92. The van der Waals surface area contributed by atoms with E-state index in [0.29, 0.717) is 5.56 Å². The van der Waals surface area contributed by atoms with Gasteiger partial charge in [0.2, 0.25) is 0 Å². The number of nitrogens with zero attached hydrogens (tertiary/aromatic N) is 5. The monoisotopic (exact) mass is 339 g/mol. The van der Waals surface area contributed by atoms with Crippen LogP contribution in [0.1, 0.15) is 17.5 Å². The van der Waals surface area contributed by atoms with Gasteiger partial charge in [0.05, 0.1) is 11.6 Å². The highest BCUT2D eigenvalue weighted by Crippen LogP contribution is 2.16. The molecule has 0 aliphatic carbocycles. The average Bonchev–Trinajstić information content (AvgIpc) is 2.84. The summed E-state index contributed by atoms with van der Waals surface area (Å²) >= 11 is 2.29. The number of benzene rings is 1. The second-order valence-electron chi connectivity index (χ2n) is 3.59. The molecule has 2 aromatic rings. The van der Waals surface area contributed by atoms with Crippen molar-refractivity contribution in [2.45, 2.75) is 19.4 Å². The Bertz CT molecular complexity index is 529. The fraction of sp³-hybridized carbons (Fsp3) is 0.273. The largest absolute Gasteiger partial charge is 0.232 e. The molecule has 0 aliphatic heterocycles. The lowest BCUT2D eigenvalue weighted by Gasteiger charge is -2.04. The first-order valence-corrected chi connectivity index (χ1v) is 6.27. The zero-order valence-corrected chi connectivity index (χ0v) is 11.2. The van der Waals surface area contributed by atoms with E-state index in [9.17, 15) is 0 Å². The molecule has 1 aromatic heterocycles. The first kappa shape index (κ1) is 12.0. The molecule has 86 valence electrons. The molecule has 0 amide bonds. The number of aromatic nitrogens is 4. The van der Waals surface area contributed by atoms with Crippen molar-refractivity contribution in [2.24, 2.45) is 0 Å². The van der Waals surface area contributed by atoms with Gasteiger partial charge < -0.3 is 0 Å². The topological polar surface area (TPSA) is 67.4 Å². The zero-order valence-electron chi connectivity index (χ0n) is 9.04. The summed E-state index contributed by atoms with van der Waals surface area (Å²) in [5.74, 6) is 0. The summed E-state index contributed by atoms with van der Waals surface area (Å²) in [6, 6.07) is 7.92. The third-order valence-corrected chi connectivity index (χ3v) is 3.45. The summed E-state index contributed by atoms with van der Waals surface area (Å²) in [7, 11) is 0. The molecule has 1 heterocycles. The van der Waals surface area contributed by atoms with E-state index in [-0.39, 0.29) is 0 Å². The minimum absolute atomic E-state index is 0.711. The average molecular weight is 339 g/mol. The van der Waals surface area contributed by atoms with Gasteiger partial charge in [0, 0.05) is 10.1 Å². The van der Waals surface area contributed by atoms with E-state index in [4.69, 9.17) is 5.26 Å². The van der Waals surface area contributed by atoms with Gasteiger partial charge >= 0.3 is 0 Å². The Morgan fingerprint density at radius 2 is 2.29 bits per heavy atom. The highest BCUT2D eigenvalue weighted by Gasteiger charge is 2.02. The Balaban J connectivity index is 1.97. The molecular formula is C11H10IN5. The smallest absolute Gasteiger partial charge is 0.138 e. The van der Waals surface area contributed by atoms with E-state index in [2.05, 4.69) is 44.2 Å². The van der Waals surface area contributed by atoms with Crippen molar-refractivity contribution in [1.29, 1.82) is 5.26 Å². The molecule has 2 rings (SSSR count). The molecule has 0 saturated carbocycles. The quantitative estimate of drug-likeness (QED) is 0.797. The van der Waals surface area contributed by atoms with Gasteiger partial charge in [0.1, 0.15) is 6.33 Å². The molecule has 0 aliphatic rings. The van der Waals surface area contributed by atoms with Gasteiger partial charge in [0.25, 0.3) is 0 Å². The van der Waals surface area contributed by atoms with Crippen molar-refractivity contribution >= 4 is 22.6 Å². The molecule has 0 N–H and O–H groups in total. The van der Waals surface area contributed by atoms with Gasteiger partial charge in [-0.1, -0.05) is 0 Å². The number of rotatable bonds is 4. The minimum Gasteiger partial charge on any atom is -0.232 e. The van der Waals surface area contributed by atoms with Crippen LogP contribution < -0.4 is 0 Å². The molecule has 6 heteroatoms. The zero-order chi connectivity index (χ0) is 12.1.